The summed E-state index contributed by atoms with van der Waals surface area (Å²) in [5.74, 6) is -0.507. The van der Waals surface area contributed by atoms with Gasteiger partial charge in [-0.1, -0.05) is 6.07 Å². The highest BCUT2D eigenvalue weighted by molar-refractivity contribution is 6.18. The van der Waals surface area contributed by atoms with Gasteiger partial charge in [0.2, 0.25) is 5.76 Å². The van der Waals surface area contributed by atoms with Gasteiger partial charge in [-0.25, -0.2) is 9.78 Å². The van der Waals surface area contributed by atoms with Crippen LogP contribution in [0.1, 0.15) is 11.3 Å². The van der Waals surface area contributed by atoms with Crippen LogP contribution in [0.5, 0.6) is 5.75 Å². The van der Waals surface area contributed by atoms with Gasteiger partial charge in [0.25, 0.3) is 0 Å². The van der Waals surface area contributed by atoms with Gasteiger partial charge in [0.05, 0.1) is 30.7 Å². The minimum absolute atomic E-state index is 0.128. The molecule has 1 aromatic carbocycles. The minimum atomic E-state index is -1.15. The number of hydrogen-bond acceptors (Lipinski definition) is 4. The molecule has 0 atom stereocenters. The highest BCUT2D eigenvalue weighted by Crippen LogP contribution is 2.25. The second-order valence-electron chi connectivity index (χ2n) is 4.70. The molecule has 0 saturated heterocycles. The number of methoxy groups -OCH3 is 1. The zero-order valence-electron chi connectivity index (χ0n) is 12.8. The fourth-order valence-corrected chi connectivity index (χ4v) is 2.09. The van der Waals surface area contributed by atoms with Crippen molar-refractivity contribution >= 4 is 23.6 Å². The van der Waals surface area contributed by atoms with Crippen molar-refractivity contribution in [1.82, 2.24) is 9.55 Å². The molecule has 0 bridgehead atoms. The Morgan fingerprint density at radius 2 is 2.26 bits per heavy atom. The van der Waals surface area contributed by atoms with Crippen LogP contribution in [0.15, 0.2) is 36.5 Å². The molecular weight excluding hydrogens is 320 g/mol. The van der Waals surface area contributed by atoms with Crippen LogP contribution < -0.4 is 4.74 Å². The van der Waals surface area contributed by atoms with Gasteiger partial charge in [-0.05, 0) is 30.7 Å². The largest absolute Gasteiger partial charge is 0.495 e. The number of carbonyl (C=O) groups is 1. The second kappa shape index (κ2) is 7.69. The van der Waals surface area contributed by atoms with Crippen LogP contribution in [0.3, 0.4) is 0 Å². The van der Waals surface area contributed by atoms with Crippen molar-refractivity contribution in [3.63, 3.8) is 0 Å². The number of imidazole rings is 1. The molecule has 1 heterocycles. The Hall–Kier alpha value is -2.47. The molecule has 2 aromatic rings. The lowest BCUT2D eigenvalue weighted by atomic mass is 10.1. The van der Waals surface area contributed by atoms with Crippen LogP contribution in [0.2, 0.25) is 0 Å². The van der Waals surface area contributed by atoms with E-state index in [0.717, 1.165) is 11.4 Å². The summed E-state index contributed by atoms with van der Waals surface area (Å²) in [5, 5.41) is 9.14. The van der Waals surface area contributed by atoms with E-state index in [2.05, 4.69) is 4.98 Å². The molecule has 0 fully saturated rings. The van der Waals surface area contributed by atoms with Crippen LogP contribution in [-0.4, -0.2) is 40.2 Å². The van der Waals surface area contributed by atoms with E-state index in [1.165, 1.54) is 6.08 Å². The maximum Gasteiger partial charge on any atom is 0.371 e. The normalized spacial score (nSPS) is 11.3. The Labute approximate surface area is 138 Å². The van der Waals surface area contributed by atoms with Gasteiger partial charge in [-0.2, -0.15) is 0 Å². The third kappa shape index (κ3) is 4.26. The third-order valence-electron chi connectivity index (χ3n) is 3.04. The van der Waals surface area contributed by atoms with Crippen molar-refractivity contribution in [3.8, 4) is 11.4 Å². The molecule has 1 aromatic heterocycles. The van der Waals surface area contributed by atoms with E-state index in [1.807, 2.05) is 23.8 Å². The van der Waals surface area contributed by atoms with Gasteiger partial charge in [-0.15, -0.1) is 11.6 Å². The van der Waals surface area contributed by atoms with E-state index in [1.54, 1.807) is 25.6 Å². The van der Waals surface area contributed by atoms with Crippen molar-refractivity contribution in [2.75, 3.05) is 19.6 Å². The third-order valence-corrected chi connectivity index (χ3v) is 3.19. The van der Waals surface area contributed by atoms with Crippen LogP contribution in [-0.2, 0) is 9.53 Å². The average Bonchev–Trinajstić information content (AvgIpc) is 2.97. The first-order chi connectivity index (χ1) is 11.0. The first kappa shape index (κ1) is 16.9. The maximum atomic E-state index is 11.2. The molecule has 1 N–H and O–H groups in total. The number of aryl methyl sites for hydroxylation is 1. The monoisotopic (exact) mass is 336 g/mol. The van der Waals surface area contributed by atoms with Crippen molar-refractivity contribution in [2.24, 2.45) is 0 Å². The Kier molecular flexibility index (Phi) is 5.65. The fourth-order valence-electron chi connectivity index (χ4n) is 2.02. The highest BCUT2D eigenvalue weighted by Gasteiger charge is 2.11. The first-order valence-electron chi connectivity index (χ1n) is 6.88. The molecule has 0 aliphatic heterocycles. The molecule has 7 heteroatoms. The Bertz CT molecular complexity index is 725. The van der Waals surface area contributed by atoms with E-state index in [4.69, 9.17) is 26.2 Å². The Balaban J connectivity index is 2.36. The van der Waals surface area contributed by atoms with Crippen molar-refractivity contribution < 1.29 is 19.4 Å². The van der Waals surface area contributed by atoms with Gasteiger partial charge < -0.3 is 19.1 Å². The summed E-state index contributed by atoms with van der Waals surface area (Å²) < 4.78 is 12.3. The first-order valence-corrected chi connectivity index (χ1v) is 7.41. The number of carboxylic acids is 1. The highest BCUT2D eigenvalue weighted by atomic mass is 35.5. The number of halogens is 1. The zero-order chi connectivity index (χ0) is 16.8. The minimum Gasteiger partial charge on any atom is -0.495 e. The van der Waals surface area contributed by atoms with E-state index in [-0.39, 0.29) is 18.2 Å². The number of benzene rings is 1. The summed E-state index contributed by atoms with van der Waals surface area (Å²) in [7, 11) is 1.55. The van der Waals surface area contributed by atoms with Gasteiger partial charge in [0.15, 0.2) is 0 Å². The molecule has 122 valence electrons. The molecular formula is C16H17ClN2O4. The van der Waals surface area contributed by atoms with Crippen LogP contribution in [0.25, 0.3) is 11.8 Å². The number of ether oxygens (including phenoxy) is 2. The van der Waals surface area contributed by atoms with E-state index in [9.17, 15) is 4.79 Å². The molecule has 0 aliphatic carbocycles. The second-order valence-corrected chi connectivity index (χ2v) is 5.08. The van der Waals surface area contributed by atoms with Crippen molar-refractivity contribution in [1.29, 1.82) is 0 Å². The summed E-state index contributed by atoms with van der Waals surface area (Å²) in [5.41, 5.74) is 2.34. The lowest BCUT2D eigenvalue weighted by Crippen LogP contribution is -2.06. The van der Waals surface area contributed by atoms with Gasteiger partial charge in [-0.3, -0.25) is 0 Å². The summed E-state index contributed by atoms with van der Waals surface area (Å²) >= 11 is 5.52. The lowest BCUT2D eigenvalue weighted by Gasteiger charge is -2.10. The smallest absolute Gasteiger partial charge is 0.371 e. The predicted molar refractivity (Wildman–Crippen MR) is 87.1 cm³/mol. The van der Waals surface area contributed by atoms with Gasteiger partial charge in [0.1, 0.15) is 12.4 Å². The SMILES string of the molecule is COc1cc(C=C(OCCCl)C(=O)O)ccc1-n1cnc(C)c1. The molecule has 0 amide bonds. The summed E-state index contributed by atoms with van der Waals surface area (Å²) in [6.45, 7) is 2.02. The number of aromatic nitrogens is 2. The van der Waals surface area contributed by atoms with E-state index >= 15 is 0 Å². The quantitative estimate of drug-likeness (QED) is 0.478. The molecule has 0 saturated carbocycles. The zero-order valence-corrected chi connectivity index (χ0v) is 13.6. The lowest BCUT2D eigenvalue weighted by molar-refractivity contribution is -0.136. The van der Waals surface area contributed by atoms with Crippen LogP contribution in [0.4, 0.5) is 0 Å². The number of hydrogen-bond donors (Lipinski definition) is 1. The molecule has 6 nitrogen and oxygen atoms in total. The molecule has 2 rings (SSSR count). The molecule has 0 aliphatic rings. The van der Waals surface area contributed by atoms with Gasteiger partial charge in [0, 0.05) is 6.20 Å². The number of rotatable bonds is 7. The number of nitrogens with zero attached hydrogens (tertiary/aromatic N) is 2. The van der Waals surface area contributed by atoms with Crippen LogP contribution >= 0.6 is 11.6 Å². The average molecular weight is 337 g/mol. The number of carboxylic acid groups (broad SMARTS) is 1. The van der Waals surface area contributed by atoms with Crippen molar-refractivity contribution in [3.05, 3.63) is 47.7 Å². The van der Waals surface area contributed by atoms with Crippen LogP contribution in [0, 0.1) is 6.92 Å². The Morgan fingerprint density at radius 3 is 2.83 bits per heavy atom. The fraction of sp³-hybridized carbons (Fsp3) is 0.250. The standard InChI is InChI=1S/C16H17ClN2O4/c1-11-9-19(10-18-11)13-4-3-12(7-14(13)22-2)8-15(16(20)21)23-6-5-17/h3-4,7-10H,5-6H2,1-2H3,(H,20,21). The predicted octanol–water partition coefficient (Wildman–Crippen LogP) is 2.87. The molecule has 0 radical (unpaired) electrons. The summed E-state index contributed by atoms with van der Waals surface area (Å²) in [6.07, 6.45) is 4.99. The number of alkyl halides is 1. The van der Waals surface area contributed by atoms with Gasteiger partial charge >= 0.3 is 5.97 Å². The molecule has 23 heavy (non-hydrogen) atoms. The van der Waals surface area contributed by atoms with E-state index in [0.29, 0.717) is 11.3 Å². The van der Waals surface area contributed by atoms with Crippen molar-refractivity contribution in [2.45, 2.75) is 6.92 Å². The maximum absolute atomic E-state index is 11.2. The number of aliphatic carboxylic acids is 1. The summed E-state index contributed by atoms with van der Waals surface area (Å²) in [6, 6.07) is 5.34. The topological polar surface area (TPSA) is 73.6 Å². The molecule has 0 spiro atoms. The van der Waals surface area contributed by atoms with E-state index < -0.39 is 5.97 Å². The Morgan fingerprint density at radius 1 is 1.48 bits per heavy atom. The molecule has 0 unspecified atom stereocenters. The summed E-state index contributed by atoms with van der Waals surface area (Å²) in [4.78, 5) is 15.4.